The molecule has 0 amide bonds. The smallest absolute Gasteiger partial charge is 0.0194 e. The van der Waals surface area contributed by atoms with Gasteiger partial charge in [-0.3, -0.25) is 0 Å². The zero-order chi connectivity index (χ0) is 5.91. The van der Waals surface area contributed by atoms with Gasteiger partial charge < -0.3 is 0 Å². The summed E-state index contributed by atoms with van der Waals surface area (Å²) in [6.07, 6.45) is 2.45. The molecule has 43 valence electrons. The molecule has 0 N–H and O–H groups in total. The fourth-order valence-corrected chi connectivity index (χ4v) is 1.06. The Morgan fingerprint density at radius 2 is 2.14 bits per heavy atom. The Kier molecular flexibility index (Phi) is 3.20. The first-order valence-corrected chi connectivity index (χ1v) is 3.68. The molecule has 0 aromatic carbocycles. The monoisotopic (exact) mass is 211 g/mol. The summed E-state index contributed by atoms with van der Waals surface area (Å²) < 4.78 is 0.270. The van der Waals surface area contributed by atoms with Crippen LogP contribution in [0.2, 0.25) is 0 Å². The molecule has 0 saturated heterocycles. The molecule has 0 aliphatic carbocycles. The van der Waals surface area contributed by atoms with Gasteiger partial charge in [0.2, 0.25) is 0 Å². The van der Waals surface area contributed by atoms with Crippen LogP contribution in [0.4, 0.5) is 0 Å². The summed E-state index contributed by atoms with van der Waals surface area (Å²) in [4.78, 5) is 0. The second kappa shape index (κ2) is 2.90. The first-order chi connectivity index (χ1) is 3.06. The maximum Gasteiger partial charge on any atom is 0.0194 e. The van der Waals surface area contributed by atoms with Gasteiger partial charge in [-0.2, -0.15) is 0 Å². The fourth-order valence-electron chi connectivity index (χ4n) is 0.521. The van der Waals surface area contributed by atoms with Crippen molar-refractivity contribution in [3.8, 4) is 0 Å². The first-order valence-electron chi connectivity index (χ1n) is 2.60. The van der Waals surface area contributed by atoms with Gasteiger partial charge in [-0.05, 0) is 13.3 Å². The number of hydrogen-bond donors (Lipinski definition) is 0. The predicted molar refractivity (Wildman–Crippen MR) is 42.7 cm³/mol. The van der Waals surface area contributed by atoms with Gasteiger partial charge in [0, 0.05) is 3.42 Å². The third kappa shape index (κ3) is 6.73. The summed E-state index contributed by atoms with van der Waals surface area (Å²) in [7, 11) is 0. The molecule has 1 atom stereocenters. The molecular formula is C6H12I. The molecule has 1 unspecified atom stereocenters. The second-order valence-electron chi connectivity index (χ2n) is 2.16. The minimum atomic E-state index is 0.270. The van der Waals surface area contributed by atoms with Gasteiger partial charge in [0.05, 0.1) is 0 Å². The number of alkyl halides is 1. The molecule has 0 aliphatic rings. The van der Waals surface area contributed by atoms with E-state index in [1.807, 2.05) is 0 Å². The van der Waals surface area contributed by atoms with Crippen LogP contribution >= 0.6 is 22.6 Å². The van der Waals surface area contributed by atoms with Crippen LogP contribution in [0.25, 0.3) is 0 Å². The predicted octanol–water partition coefficient (Wildman–Crippen LogP) is 2.81. The lowest BCUT2D eigenvalue weighted by molar-refractivity contribution is 0.704. The van der Waals surface area contributed by atoms with Crippen molar-refractivity contribution in [1.82, 2.24) is 0 Å². The Morgan fingerprint density at radius 1 is 1.71 bits per heavy atom. The number of rotatable bonds is 2. The van der Waals surface area contributed by atoms with Gasteiger partial charge in [0.25, 0.3) is 0 Å². The first kappa shape index (κ1) is 7.73. The molecule has 0 nitrogen and oxygen atoms in total. The van der Waals surface area contributed by atoms with Crippen molar-refractivity contribution in [2.24, 2.45) is 0 Å². The average molecular weight is 211 g/mol. The van der Waals surface area contributed by atoms with Gasteiger partial charge in [-0.1, -0.05) is 42.9 Å². The van der Waals surface area contributed by atoms with Crippen LogP contribution in [0, 0.1) is 6.92 Å². The lowest BCUT2D eigenvalue weighted by Crippen LogP contribution is -2.07. The maximum absolute atomic E-state index is 3.95. The zero-order valence-corrected chi connectivity index (χ0v) is 7.16. The van der Waals surface area contributed by atoms with E-state index in [1.165, 1.54) is 12.8 Å². The van der Waals surface area contributed by atoms with Crippen LogP contribution in [0.3, 0.4) is 0 Å². The van der Waals surface area contributed by atoms with Crippen molar-refractivity contribution in [1.29, 1.82) is 0 Å². The topological polar surface area (TPSA) is 0 Å². The Labute approximate surface area is 59.8 Å². The standard InChI is InChI=1S/C6H12I/c1-4-5-6(2,3)7/h2,4-5H2,1,3H3. The second-order valence-corrected chi connectivity index (χ2v) is 4.77. The van der Waals surface area contributed by atoms with Crippen molar-refractivity contribution in [2.75, 3.05) is 0 Å². The van der Waals surface area contributed by atoms with E-state index in [0.29, 0.717) is 0 Å². The third-order valence-corrected chi connectivity index (χ3v) is 1.31. The Bertz CT molecular complexity index is 42.6. The van der Waals surface area contributed by atoms with Crippen molar-refractivity contribution in [3.63, 3.8) is 0 Å². The highest BCUT2D eigenvalue weighted by Gasteiger charge is 2.08. The lowest BCUT2D eigenvalue weighted by atomic mass is 10.1. The van der Waals surface area contributed by atoms with Crippen LogP contribution in [-0.2, 0) is 0 Å². The van der Waals surface area contributed by atoms with Crippen LogP contribution in [-0.4, -0.2) is 3.42 Å². The number of hydrogen-bond acceptors (Lipinski definition) is 0. The highest BCUT2D eigenvalue weighted by atomic mass is 127. The lowest BCUT2D eigenvalue weighted by Gasteiger charge is -2.12. The van der Waals surface area contributed by atoms with E-state index in [4.69, 9.17) is 0 Å². The fraction of sp³-hybridized carbons (Fsp3) is 0.833. The van der Waals surface area contributed by atoms with E-state index in [-0.39, 0.29) is 3.42 Å². The van der Waals surface area contributed by atoms with E-state index >= 15 is 0 Å². The summed E-state index contributed by atoms with van der Waals surface area (Å²) in [5.74, 6) is 0. The van der Waals surface area contributed by atoms with Gasteiger partial charge in [-0.25, -0.2) is 0 Å². The molecule has 7 heavy (non-hydrogen) atoms. The molecule has 1 heteroatoms. The Morgan fingerprint density at radius 3 is 2.14 bits per heavy atom. The number of halogens is 1. The van der Waals surface area contributed by atoms with Gasteiger partial charge in [-0.15, -0.1) is 0 Å². The molecule has 0 rings (SSSR count). The summed E-state index contributed by atoms with van der Waals surface area (Å²) in [5, 5.41) is 0. The van der Waals surface area contributed by atoms with Crippen molar-refractivity contribution in [2.45, 2.75) is 30.1 Å². The van der Waals surface area contributed by atoms with E-state index in [2.05, 4.69) is 43.4 Å². The Balaban J connectivity index is 3.15. The van der Waals surface area contributed by atoms with Crippen LogP contribution < -0.4 is 0 Å². The molecule has 0 heterocycles. The minimum Gasteiger partial charge on any atom is -0.0792 e. The molecule has 1 radical (unpaired) electrons. The summed E-state index contributed by atoms with van der Waals surface area (Å²) in [6, 6.07) is 0. The molecule has 0 saturated carbocycles. The largest absolute Gasteiger partial charge is 0.0792 e. The molecule has 0 fully saturated rings. The van der Waals surface area contributed by atoms with Crippen LogP contribution in [0.15, 0.2) is 0 Å². The van der Waals surface area contributed by atoms with Crippen LogP contribution in [0.1, 0.15) is 26.7 Å². The van der Waals surface area contributed by atoms with Gasteiger partial charge in [0.1, 0.15) is 0 Å². The van der Waals surface area contributed by atoms with Gasteiger partial charge >= 0.3 is 0 Å². The third-order valence-electron chi connectivity index (χ3n) is 0.771. The maximum atomic E-state index is 3.95. The molecule has 0 aliphatic heterocycles. The van der Waals surface area contributed by atoms with E-state index in [0.717, 1.165) is 0 Å². The van der Waals surface area contributed by atoms with Crippen LogP contribution in [0.5, 0.6) is 0 Å². The highest BCUT2D eigenvalue weighted by Crippen LogP contribution is 2.21. The van der Waals surface area contributed by atoms with Crippen molar-refractivity contribution in [3.05, 3.63) is 6.92 Å². The van der Waals surface area contributed by atoms with E-state index in [9.17, 15) is 0 Å². The molecule has 0 aromatic rings. The average Bonchev–Trinajstić information content (AvgIpc) is 1.30. The van der Waals surface area contributed by atoms with Crippen molar-refractivity contribution < 1.29 is 0 Å². The quantitative estimate of drug-likeness (QED) is 0.486. The molecule has 0 spiro atoms. The van der Waals surface area contributed by atoms with Crippen molar-refractivity contribution >= 4 is 22.6 Å². The zero-order valence-electron chi connectivity index (χ0n) is 5.00. The summed E-state index contributed by atoms with van der Waals surface area (Å²) >= 11 is 2.37. The normalized spacial score (nSPS) is 12.0. The molecular weight excluding hydrogens is 199 g/mol. The summed E-state index contributed by atoms with van der Waals surface area (Å²) in [5.41, 5.74) is 0. The molecule has 0 bridgehead atoms. The van der Waals surface area contributed by atoms with Gasteiger partial charge in [0.15, 0.2) is 0 Å². The highest BCUT2D eigenvalue weighted by molar-refractivity contribution is 14.1. The molecule has 0 aromatic heterocycles. The minimum absolute atomic E-state index is 0.270. The summed E-state index contributed by atoms with van der Waals surface area (Å²) in [6.45, 7) is 8.28. The van der Waals surface area contributed by atoms with E-state index < -0.39 is 0 Å². The SMILES string of the molecule is [CH2]C(C)(I)CCC. The Hall–Kier alpha value is 0.730. The van der Waals surface area contributed by atoms with E-state index in [1.54, 1.807) is 0 Å².